The van der Waals surface area contributed by atoms with Gasteiger partial charge in [-0.1, -0.05) is 37.3 Å². The summed E-state index contributed by atoms with van der Waals surface area (Å²) in [5.74, 6) is 1.74. The molecular weight excluding hydrogens is 334 g/mol. The fourth-order valence-corrected chi connectivity index (χ4v) is 4.09. The van der Waals surface area contributed by atoms with Crippen molar-refractivity contribution in [2.24, 2.45) is 5.92 Å². The Balaban J connectivity index is 1.57. The third-order valence-electron chi connectivity index (χ3n) is 4.63. The van der Waals surface area contributed by atoms with Gasteiger partial charge in [0.2, 0.25) is 10.0 Å². The van der Waals surface area contributed by atoms with Gasteiger partial charge in [0.15, 0.2) is 0 Å². The zero-order valence-electron chi connectivity index (χ0n) is 14.6. The van der Waals surface area contributed by atoms with Gasteiger partial charge in [0, 0.05) is 13.1 Å². The minimum Gasteiger partial charge on any atom is -0.357 e. The Labute approximate surface area is 150 Å². The minimum atomic E-state index is -3.38. The van der Waals surface area contributed by atoms with Gasteiger partial charge >= 0.3 is 0 Å². The summed E-state index contributed by atoms with van der Waals surface area (Å²) in [5, 5.41) is 0. The number of rotatable bonds is 6. The molecule has 0 amide bonds. The summed E-state index contributed by atoms with van der Waals surface area (Å²) < 4.78 is 27.1. The molecule has 25 heavy (non-hydrogen) atoms. The lowest BCUT2D eigenvalue weighted by atomic mass is 9.99. The molecule has 0 bridgehead atoms. The smallest absolute Gasteiger partial charge is 0.233 e. The van der Waals surface area contributed by atoms with Crippen LogP contribution in [-0.4, -0.2) is 32.2 Å². The van der Waals surface area contributed by atoms with Crippen molar-refractivity contribution < 1.29 is 8.42 Å². The van der Waals surface area contributed by atoms with Crippen LogP contribution in [0.4, 0.5) is 11.5 Å². The van der Waals surface area contributed by atoms with E-state index < -0.39 is 10.0 Å². The summed E-state index contributed by atoms with van der Waals surface area (Å²) in [4.78, 5) is 6.69. The number of piperidine rings is 1. The van der Waals surface area contributed by atoms with Crippen LogP contribution >= 0.6 is 0 Å². The summed E-state index contributed by atoms with van der Waals surface area (Å²) >= 11 is 0. The van der Waals surface area contributed by atoms with Crippen LogP contribution in [0.5, 0.6) is 0 Å². The summed E-state index contributed by atoms with van der Waals surface area (Å²) in [6.45, 7) is 4.30. The predicted octanol–water partition coefficient (Wildman–Crippen LogP) is 3.30. The molecule has 134 valence electrons. The van der Waals surface area contributed by atoms with Crippen molar-refractivity contribution in [3.05, 3.63) is 54.2 Å². The lowest BCUT2D eigenvalue weighted by molar-refractivity contribution is 0.436. The van der Waals surface area contributed by atoms with Crippen molar-refractivity contribution in [1.29, 1.82) is 0 Å². The molecule has 1 saturated heterocycles. The van der Waals surface area contributed by atoms with Gasteiger partial charge < -0.3 is 4.90 Å². The average Bonchev–Trinajstić information content (AvgIpc) is 2.62. The van der Waals surface area contributed by atoms with Crippen molar-refractivity contribution >= 4 is 21.5 Å². The van der Waals surface area contributed by atoms with Crippen LogP contribution in [0, 0.1) is 5.92 Å². The van der Waals surface area contributed by atoms with Crippen molar-refractivity contribution in [2.45, 2.75) is 26.2 Å². The number of hydrogen-bond donors (Lipinski definition) is 1. The van der Waals surface area contributed by atoms with Gasteiger partial charge in [-0.15, -0.1) is 0 Å². The Morgan fingerprint density at radius 1 is 1.12 bits per heavy atom. The van der Waals surface area contributed by atoms with Crippen molar-refractivity contribution in [1.82, 2.24) is 4.98 Å². The van der Waals surface area contributed by atoms with E-state index in [2.05, 4.69) is 21.5 Å². The van der Waals surface area contributed by atoms with Crippen molar-refractivity contribution in [3.8, 4) is 0 Å². The molecule has 0 spiro atoms. The highest BCUT2D eigenvalue weighted by Gasteiger charge is 2.17. The third kappa shape index (κ3) is 5.19. The molecule has 1 aliphatic heterocycles. The highest BCUT2D eigenvalue weighted by molar-refractivity contribution is 7.92. The second-order valence-electron chi connectivity index (χ2n) is 6.73. The van der Waals surface area contributed by atoms with E-state index in [9.17, 15) is 8.42 Å². The number of sulfonamides is 1. The van der Waals surface area contributed by atoms with Crippen molar-refractivity contribution in [3.63, 3.8) is 0 Å². The molecule has 1 aromatic carbocycles. The van der Waals surface area contributed by atoms with Gasteiger partial charge in [-0.2, -0.15) is 0 Å². The SMILES string of the molecule is CC1CCN(c2ccc(NS(=O)(=O)CCc3ccccc3)cn2)CC1. The van der Waals surface area contributed by atoms with Crippen molar-refractivity contribution in [2.75, 3.05) is 28.5 Å². The first-order valence-electron chi connectivity index (χ1n) is 8.77. The summed E-state index contributed by atoms with van der Waals surface area (Å²) in [6, 6.07) is 13.3. The Kier molecular flexibility index (Phi) is 5.58. The molecule has 1 fully saturated rings. The third-order valence-corrected chi connectivity index (χ3v) is 5.92. The maximum Gasteiger partial charge on any atom is 0.233 e. The van der Waals surface area contributed by atoms with Crippen LogP contribution in [0.15, 0.2) is 48.7 Å². The van der Waals surface area contributed by atoms with E-state index in [0.717, 1.165) is 30.4 Å². The van der Waals surface area contributed by atoms with E-state index in [1.165, 1.54) is 12.8 Å². The zero-order valence-corrected chi connectivity index (χ0v) is 15.4. The average molecular weight is 359 g/mol. The van der Waals surface area contributed by atoms with Crippen LogP contribution in [0.25, 0.3) is 0 Å². The Hall–Kier alpha value is -2.08. The second-order valence-corrected chi connectivity index (χ2v) is 8.57. The first-order valence-corrected chi connectivity index (χ1v) is 10.4. The quantitative estimate of drug-likeness (QED) is 0.860. The van der Waals surface area contributed by atoms with E-state index in [4.69, 9.17) is 0 Å². The molecule has 0 unspecified atom stereocenters. The maximum atomic E-state index is 12.2. The van der Waals surface area contributed by atoms with Gasteiger partial charge in [-0.05, 0) is 42.9 Å². The molecule has 5 nitrogen and oxygen atoms in total. The monoisotopic (exact) mass is 359 g/mol. The number of pyridine rings is 1. The van der Waals surface area contributed by atoms with Crippen LogP contribution < -0.4 is 9.62 Å². The van der Waals surface area contributed by atoms with Gasteiger partial charge in [0.1, 0.15) is 5.82 Å². The first-order chi connectivity index (χ1) is 12.0. The number of aromatic nitrogens is 1. The highest BCUT2D eigenvalue weighted by atomic mass is 32.2. The number of nitrogens with one attached hydrogen (secondary N) is 1. The molecular formula is C19H25N3O2S. The largest absolute Gasteiger partial charge is 0.357 e. The standard InChI is InChI=1S/C19H25N3O2S/c1-16-9-12-22(13-10-16)19-8-7-18(15-20-19)21-25(23,24)14-11-17-5-3-2-4-6-17/h2-8,15-16,21H,9-14H2,1H3. The summed E-state index contributed by atoms with van der Waals surface area (Å²) in [6.07, 6.45) is 4.45. The van der Waals surface area contributed by atoms with E-state index in [1.807, 2.05) is 36.4 Å². The Bertz CT molecular complexity index is 768. The lowest BCUT2D eigenvalue weighted by Gasteiger charge is -2.31. The molecule has 3 rings (SSSR count). The number of benzene rings is 1. The minimum absolute atomic E-state index is 0.0583. The molecule has 6 heteroatoms. The fraction of sp³-hybridized carbons (Fsp3) is 0.421. The van der Waals surface area contributed by atoms with Crippen LogP contribution in [-0.2, 0) is 16.4 Å². The van der Waals surface area contributed by atoms with E-state index in [0.29, 0.717) is 12.1 Å². The van der Waals surface area contributed by atoms with Crippen LogP contribution in [0.1, 0.15) is 25.3 Å². The predicted molar refractivity (Wildman–Crippen MR) is 102 cm³/mol. The van der Waals surface area contributed by atoms with Gasteiger partial charge in [0.25, 0.3) is 0 Å². The Morgan fingerprint density at radius 2 is 1.84 bits per heavy atom. The maximum absolute atomic E-state index is 12.2. The molecule has 0 saturated carbocycles. The normalized spacial score (nSPS) is 16.0. The fourth-order valence-electron chi connectivity index (χ4n) is 3.00. The number of hydrogen-bond acceptors (Lipinski definition) is 4. The van der Waals surface area contributed by atoms with E-state index in [-0.39, 0.29) is 5.75 Å². The highest BCUT2D eigenvalue weighted by Crippen LogP contribution is 2.22. The molecule has 0 radical (unpaired) electrons. The van der Waals surface area contributed by atoms with Crippen LogP contribution in [0.3, 0.4) is 0 Å². The molecule has 0 atom stereocenters. The molecule has 2 aromatic rings. The lowest BCUT2D eigenvalue weighted by Crippen LogP contribution is -2.33. The van der Waals surface area contributed by atoms with Gasteiger partial charge in [0.05, 0.1) is 17.6 Å². The van der Waals surface area contributed by atoms with E-state index >= 15 is 0 Å². The molecule has 1 N–H and O–H groups in total. The zero-order chi connectivity index (χ0) is 17.7. The second kappa shape index (κ2) is 7.87. The summed E-state index contributed by atoms with van der Waals surface area (Å²) in [7, 11) is -3.38. The van der Waals surface area contributed by atoms with Gasteiger partial charge in [-0.3, -0.25) is 4.72 Å². The molecule has 0 aliphatic carbocycles. The summed E-state index contributed by atoms with van der Waals surface area (Å²) in [5.41, 5.74) is 1.53. The molecule has 1 aromatic heterocycles. The van der Waals surface area contributed by atoms with Gasteiger partial charge in [-0.25, -0.2) is 13.4 Å². The van der Waals surface area contributed by atoms with E-state index in [1.54, 1.807) is 12.3 Å². The number of anilines is 2. The van der Waals surface area contributed by atoms with Crippen LogP contribution in [0.2, 0.25) is 0 Å². The molecule has 2 heterocycles. The number of aryl methyl sites for hydroxylation is 1. The topological polar surface area (TPSA) is 62.3 Å². The first kappa shape index (κ1) is 17.7. The number of nitrogens with zero attached hydrogens (tertiary/aromatic N) is 2. The molecule has 1 aliphatic rings. The Morgan fingerprint density at radius 3 is 2.48 bits per heavy atom.